The van der Waals surface area contributed by atoms with Gasteiger partial charge in [0, 0.05) is 25.5 Å². The van der Waals surface area contributed by atoms with Gasteiger partial charge >= 0.3 is 0 Å². The zero-order chi connectivity index (χ0) is 18.9. The predicted octanol–water partition coefficient (Wildman–Crippen LogP) is 4.03. The zero-order valence-electron chi connectivity index (χ0n) is 15.4. The minimum absolute atomic E-state index is 0.0203. The number of nitrogens with zero attached hydrogens (tertiary/aromatic N) is 4. The third-order valence-corrected chi connectivity index (χ3v) is 5.25. The lowest BCUT2D eigenvalue weighted by molar-refractivity contribution is 0.0699. The molecule has 1 saturated heterocycles. The number of carbonyl (C=O) groups is 1. The van der Waals surface area contributed by atoms with E-state index >= 15 is 0 Å². The maximum atomic E-state index is 13.3. The van der Waals surface area contributed by atoms with Crippen LogP contribution in [0.25, 0.3) is 16.8 Å². The van der Waals surface area contributed by atoms with Crippen molar-refractivity contribution < 1.29 is 9.21 Å². The number of rotatable bonds is 3. The van der Waals surface area contributed by atoms with Crippen molar-refractivity contribution in [3.05, 3.63) is 78.4 Å². The van der Waals surface area contributed by atoms with Crippen molar-refractivity contribution in [1.29, 1.82) is 0 Å². The fourth-order valence-corrected chi connectivity index (χ4v) is 3.86. The van der Waals surface area contributed by atoms with Crippen molar-refractivity contribution in [2.75, 3.05) is 13.1 Å². The second-order valence-electron chi connectivity index (χ2n) is 7.08. The molecule has 0 radical (unpaired) electrons. The van der Waals surface area contributed by atoms with Gasteiger partial charge in [0.1, 0.15) is 5.52 Å². The first-order chi connectivity index (χ1) is 13.8. The molecule has 2 aromatic carbocycles. The molecule has 3 heterocycles. The van der Waals surface area contributed by atoms with E-state index < -0.39 is 0 Å². The molecule has 0 N–H and O–H groups in total. The summed E-state index contributed by atoms with van der Waals surface area (Å²) >= 11 is 0. The first-order valence-corrected chi connectivity index (χ1v) is 9.53. The minimum atomic E-state index is 0.0203. The molecule has 5 rings (SSSR count). The lowest BCUT2D eigenvalue weighted by Gasteiger charge is -2.31. The van der Waals surface area contributed by atoms with Crippen molar-refractivity contribution in [2.24, 2.45) is 0 Å². The van der Waals surface area contributed by atoms with Crippen LogP contribution in [0.1, 0.15) is 35.0 Å². The van der Waals surface area contributed by atoms with E-state index in [-0.39, 0.29) is 11.8 Å². The first-order valence-electron chi connectivity index (χ1n) is 9.53. The number of benzene rings is 2. The molecule has 2 aromatic heterocycles. The maximum absolute atomic E-state index is 13.3. The van der Waals surface area contributed by atoms with E-state index in [9.17, 15) is 4.79 Å². The largest absolute Gasteiger partial charge is 0.440 e. The summed E-state index contributed by atoms with van der Waals surface area (Å²) in [7, 11) is 0. The van der Waals surface area contributed by atoms with Gasteiger partial charge in [0.15, 0.2) is 11.5 Å². The Bertz CT molecular complexity index is 1080. The van der Waals surface area contributed by atoms with E-state index in [1.807, 2.05) is 65.7 Å². The molecule has 28 heavy (non-hydrogen) atoms. The summed E-state index contributed by atoms with van der Waals surface area (Å²) < 4.78 is 7.69. The third-order valence-electron chi connectivity index (χ3n) is 5.25. The molecule has 0 saturated carbocycles. The molecule has 1 aliphatic heterocycles. The van der Waals surface area contributed by atoms with Crippen LogP contribution in [-0.4, -0.2) is 38.7 Å². The highest BCUT2D eigenvalue weighted by atomic mass is 16.3. The Balaban J connectivity index is 1.42. The summed E-state index contributed by atoms with van der Waals surface area (Å²) in [5.41, 5.74) is 3.11. The van der Waals surface area contributed by atoms with Gasteiger partial charge in [-0.25, -0.2) is 9.67 Å². The Morgan fingerprint density at radius 1 is 1.07 bits per heavy atom. The first kappa shape index (κ1) is 16.7. The lowest BCUT2D eigenvalue weighted by Crippen LogP contribution is -2.39. The number of amides is 1. The maximum Gasteiger partial charge on any atom is 0.256 e. The fraction of sp³-hybridized carbons (Fsp3) is 0.227. The third kappa shape index (κ3) is 2.97. The fourth-order valence-electron chi connectivity index (χ4n) is 3.86. The molecule has 0 bridgehead atoms. The summed E-state index contributed by atoms with van der Waals surface area (Å²) in [4.78, 5) is 19.8. The van der Waals surface area contributed by atoms with Gasteiger partial charge in [-0.05, 0) is 43.2 Å². The normalized spacial score (nSPS) is 17.1. The standard InChI is InChI=1S/C22H20N4O2/c27-22(17-8-1-3-10-19(17)26-14-6-12-23-26)25-13-5-7-16(15-25)21-24-18-9-2-4-11-20(18)28-21/h1-4,6,8-12,14,16H,5,7,13,15H2/t16-/m0/s1. The van der Waals surface area contributed by atoms with E-state index in [2.05, 4.69) is 10.1 Å². The predicted molar refractivity (Wildman–Crippen MR) is 105 cm³/mol. The van der Waals surface area contributed by atoms with Gasteiger partial charge in [-0.3, -0.25) is 4.79 Å². The highest BCUT2D eigenvalue weighted by molar-refractivity contribution is 5.97. The van der Waals surface area contributed by atoms with Crippen LogP contribution < -0.4 is 0 Å². The zero-order valence-corrected chi connectivity index (χ0v) is 15.4. The smallest absolute Gasteiger partial charge is 0.256 e. The van der Waals surface area contributed by atoms with Gasteiger partial charge < -0.3 is 9.32 Å². The van der Waals surface area contributed by atoms with Crippen molar-refractivity contribution in [3.63, 3.8) is 0 Å². The molecule has 1 fully saturated rings. The Morgan fingerprint density at radius 3 is 2.79 bits per heavy atom. The van der Waals surface area contributed by atoms with Crippen LogP contribution in [0, 0.1) is 0 Å². The highest BCUT2D eigenvalue weighted by Crippen LogP contribution is 2.30. The van der Waals surface area contributed by atoms with Crippen LogP contribution in [-0.2, 0) is 0 Å². The van der Waals surface area contributed by atoms with Crippen LogP contribution in [0.3, 0.4) is 0 Å². The van der Waals surface area contributed by atoms with Crippen LogP contribution in [0.2, 0.25) is 0 Å². The Hall–Kier alpha value is -3.41. The lowest BCUT2D eigenvalue weighted by atomic mass is 9.97. The van der Waals surface area contributed by atoms with Gasteiger partial charge in [-0.1, -0.05) is 24.3 Å². The van der Waals surface area contributed by atoms with Gasteiger partial charge in [0.2, 0.25) is 0 Å². The summed E-state index contributed by atoms with van der Waals surface area (Å²) in [6.07, 6.45) is 5.46. The van der Waals surface area contributed by atoms with Gasteiger partial charge in [-0.2, -0.15) is 5.10 Å². The summed E-state index contributed by atoms with van der Waals surface area (Å²) in [6, 6.07) is 17.2. The molecule has 0 spiro atoms. The molecule has 4 aromatic rings. The number of likely N-dealkylation sites (tertiary alicyclic amines) is 1. The number of piperidine rings is 1. The van der Waals surface area contributed by atoms with E-state index in [0.717, 1.165) is 42.1 Å². The van der Waals surface area contributed by atoms with Crippen LogP contribution in [0.5, 0.6) is 0 Å². The number of carbonyl (C=O) groups excluding carboxylic acids is 1. The summed E-state index contributed by atoms with van der Waals surface area (Å²) in [6.45, 7) is 1.35. The van der Waals surface area contributed by atoms with Crippen LogP contribution >= 0.6 is 0 Å². The number of aromatic nitrogens is 3. The molecule has 6 heteroatoms. The molecule has 0 aliphatic carbocycles. The molecule has 140 valence electrons. The molecule has 6 nitrogen and oxygen atoms in total. The second-order valence-corrected chi connectivity index (χ2v) is 7.08. The van der Waals surface area contributed by atoms with Crippen molar-refractivity contribution in [1.82, 2.24) is 19.7 Å². The average Bonchev–Trinajstić information content (AvgIpc) is 3.43. The van der Waals surface area contributed by atoms with Gasteiger partial charge in [0.05, 0.1) is 17.2 Å². The topological polar surface area (TPSA) is 64.2 Å². The van der Waals surface area contributed by atoms with E-state index in [4.69, 9.17) is 4.42 Å². The number of hydrogen-bond donors (Lipinski definition) is 0. The van der Waals surface area contributed by atoms with Crippen LogP contribution in [0.15, 0.2) is 71.4 Å². The SMILES string of the molecule is O=C(c1ccccc1-n1cccn1)N1CCC[C@H](c2nc3ccccc3o2)C1. The van der Waals surface area contributed by atoms with Crippen LogP contribution in [0.4, 0.5) is 0 Å². The quantitative estimate of drug-likeness (QED) is 0.545. The average molecular weight is 372 g/mol. The van der Waals surface area contributed by atoms with Crippen molar-refractivity contribution >= 4 is 17.0 Å². The van der Waals surface area contributed by atoms with Gasteiger partial charge in [0.25, 0.3) is 5.91 Å². The minimum Gasteiger partial charge on any atom is -0.440 e. The molecule has 1 atom stereocenters. The number of para-hydroxylation sites is 3. The molecular weight excluding hydrogens is 352 g/mol. The van der Waals surface area contributed by atoms with E-state index in [1.54, 1.807) is 10.9 Å². The molecular formula is C22H20N4O2. The molecule has 1 amide bonds. The monoisotopic (exact) mass is 372 g/mol. The Morgan fingerprint density at radius 2 is 1.93 bits per heavy atom. The van der Waals surface area contributed by atoms with Crippen molar-refractivity contribution in [3.8, 4) is 5.69 Å². The number of oxazole rings is 1. The highest BCUT2D eigenvalue weighted by Gasteiger charge is 2.29. The summed E-state index contributed by atoms with van der Waals surface area (Å²) in [5.74, 6) is 0.855. The van der Waals surface area contributed by atoms with E-state index in [1.165, 1.54) is 0 Å². The van der Waals surface area contributed by atoms with Gasteiger partial charge in [-0.15, -0.1) is 0 Å². The van der Waals surface area contributed by atoms with E-state index in [0.29, 0.717) is 12.1 Å². The molecule has 0 unspecified atom stereocenters. The Labute approximate surface area is 162 Å². The van der Waals surface area contributed by atoms with Crippen molar-refractivity contribution in [2.45, 2.75) is 18.8 Å². The number of hydrogen-bond acceptors (Lipinski definition) is 4. The Kier molecular flexibility index (Phi) is 4.16. The summed E-state index contributed by atoms with van der Waals surface area (Å²) in [5, 5.41) is 4.28. The second kappa shape index (κ2) is 6.96. The number of fused-ring (bicyclic) bond motifs is 1. The molecule has 1 aliphatic rings.